The van der Waals surface area contributed by atoms with Gasteiger partial charge in [-0.25, -0.2) is 16.8 Å². The Bertz CT molecular complexity index is 583. The van der Waals surface area contributed by atoms with Gasteiger partial charge in [0.1, 0.15) is 15.9 Å². The summed E-state index contributed by atoms with van der Waals surface area (Å²) in [6, 6.07) is -0.771. The fraction of sp³-hybridized carbons (Fsp3) is 0.917. The van der Waals surface area contributed by atoms with Crippen molar-refractivity contribution in [3.63, 3.8) is 0 Å². The molecule has 1 atom stereocenters. The first-order valence-corrected chi connectivity index (χ1v) is 10.4. The molecular formula is C12H21NO6S2. The van der Waals surface area contributed by atoms with Crippen LogP contribution in [0.2, 0.25) is 0 Å². The number of ether oxygens (including phenoxy) is 1. The Morgan fingerprint density at radius 1 is 1.14 bits per heavy atom. The SMILES string of the molecule is COC(=O)C1CCCCN1S(=O)(=O)C1CCS(=O)(=O)CC1. The number of nitrogens with zero attached hydrogens (tertiary/aromatic N) is 1. The summed E-state index contributed by atoms with van der Waals surface area (Å²) in [5, 5.41) is -0.716. The molecule has 2 saturated heterocycles. The van der Waals surface area contributed by atoms with Gasteiger partial charge in [0, 0.05) is 6.54 Å². The lowest BCUT2D eigenvalue weighted by molar-refractivity contribution is -0.146. The maximum Gasteiger partial charge on any atom is 0.324 e. The molecule has 2 aliphatic rings. The standard InChI is InChI=1S/C12H21NO6S2/c1-19-12(14)11-4-2-3-7-13(11)21(17,18)10-5-8-20(15,16)9-6-10/h10-11H,2-9H2,1H3. The lowest BCUT2D eigenvalue weighted by atomic mass is 10.1. The van der Waals surface area contributed by atoms with E-state index in [-0.39, 0.29) is 24.3 Å². The maximum atomic E-state index is 12.7. The Labute approximate surface area is 125 Å². The van der Waals surface area contributed by atoms with Crippen molar-refractivity contribution in [3.05, 3.63) is 0 Å². The van der Waals surface area contributed by atoms with E-state index in [1.165, 1.54) is 11.4 Å². The van der Waals surface area contributed by atoms with Crippen LogP contribution in [-0.4, -0.2) is 63.6 Å². The molecule has 2 aliphatic heterocycles. The minimum Gasteiger partial charge on any atom is -0.468 e. The summed E-state index contributed by atoms with van der Waals surface area (Å²) in [5.41, 5.74) is 0. The summed E-state index contributed by atoms with van der Waals surface area (Å²) in [4.78, 5) is 11.8. The molecule has 0 N–H and O–H groups in total. The highest BCUT2D eigenvalue weighted by molar-refractivity contribution is 7.92. The van der Waals surface area contributed by atoms with Crippen LogP contribution in [0.3, 0.4) is 0 Å². The van der Waals surface area contributed by atoms with Crippen molar-refractivity contribution < 1.29 is 26.4 Å². The number of piperidine rings is 1. The minimum absolute atomic E-state index is 0.104. The van der Waals surface area contributed by atoms with Crippen LogP contribution in [0.4, 0.5) is 0 Å². The quantitative estimate of drug-likeness (QED) is 0.667. The highest BCUT2D eigenvalue weighted by atomic mass is 32.2. The van der Waals surface area contributed by atoms with Crippen molar-refractivity contribution in [1.82, 2.24) is 4.31 Å². The van der Waals surface area contributed by atoms with Crippen molar-refractivity contribution in [2.24, 2.45) is 0 Å². The predicted octanol–water partition coefficient (Wildman–Crippen LogP) is -0.0791. The Hall–Kier alpha value is -0.670. The molecule has 1 unspecified atom stereocenters. The topological polar surface area (TPSA) is 97.8 Å². The third-order valence-corrected chi connectivity index (χ3v) is 8.30. The maximum absolute atomic E-state index is 12.7. The van der Waals surface area contributed by atoms with Gasteiger partial charge in [-0.1, -0.05) is 0 Å². The number of rotatable bonds is 3. The minimum atomic E-state index is -3.67. The fourth-order valence-corrected chi connectivity index (χ4v) is 6.87. The van der Waals surface area contributed by atoms with E-state index in [1.807, 2.05) is 0 Å². The highest BCUT2D eigenvalue weighted by Gasteiger charge is 2.43. The van der Waals surface area contributed by atoms with Crippen molar-refractivity contribution in [2.75, 3.05) is 25.2 Å². The number of hydrogen-bond acceptors (Lipinski definition) is 6. The zero-order valence-electron chi connectivity index (χ0n) is 12.0. The van der Waals surface area contributed by atoms with Crippen LogP contribution >= 0.6 is 0 Å². The van der Waals surface area contributed by atoms with Gasteiger partial charge in [0.05, 0.1) is 23.9 Å². The van der Waals surface area contributed by atoms with Gasteiger partial charge in [-0.2, -0.15) is 4.31 Å². The van der Waals surface area contributed by atoms with E-state index in [2.05, 4.69) is 0 Å². The third kappa shape index (κ3) is 3.57. The van der Waals surface area contributed by atoms with E-state index in [1.54, 1.807) is 0 Å². The Kier molecular flexibility index (Phi) is 4.94. The van der Waals surface area contributed by atoms with Crippen LogP contribution in [0.5, 0.6) is 0 Å². The second-order valence-corrected chi connectivity index (χ2v) is 10.0. The number of hydrogen-bond donors (Lipinski definition) is 0. The summed E-state index contributed by atoms with van der Waals surface area (Å²) in [6.45, 7) is 0.297. The van der Waals surface area contributed by atoms with Gasteiger partial charge in [-0.05, 0) is 32.1 Å². The van der Waals surface area contributed by atoms with Gasteiger partial charge < -0.3 is 4.74 Å². The summed E-state index contributed by atoms with van der Waals surface area (Å²) in [5.74, 6) is -0.747. The summed E-state index contributed by atoms with van der Waals surface area (Å²) < 4.78 is 54.2. The van der Waals surface area contributed by atoms with Crippen molar-refractivity contribution in [1.29, 1.82) is 0 Å². The number of sulfonamides is 1. The van der Waals surface area contributed by atoms with E-state index >= 15 is 0 Å². The number of carbonyl (C=O) groups is 1. The Balaban J connectivity index is 2.19. The highest BCUT2D eigenvalue weighted by Crippen LogP contribution is 2.28. The lowest BCUT2D eigenvalue weighted by Gasteiger charge is -2.36. The molecule has 21 heavy (non-hydrogen) atoms. The molecule has 7 nitrogen and oxygen atoms in total. The van der Waals surface area contributed by atoms with Gasteiger partial charge >= 0.3 is 5.97 Å². The first kappa shape index (κ1) is 16.7. The number of methoxy groups -OCH3 is 1. The van der Waals surface area contributed by atoms with E-state index in [0.717, 1.165) is 6.42 Å². The number of sulfone groups is 1. The fourth-order valence-electron chi connectivity index (χ4n) is 2.94. The van der Waals surface area contributed by atoms with Gasteiger partial charge in [0.15, 0.2) is 0 Å². The van der Waals surface area contributed by atoms with Crippen LogP contribution < -0.4 is 0 Å². The molecule has 0 aromatic carbocycles. The van der Waals surface area contributed by atoms with Crippen LogP contribution in [0.25, 0.3) is 0 Å². The van der Waals surface area contributed by atoms with E-state index in [9.17, 15) is 21.6 Å². The zero-order valence-corrected chi connectivity index (χ0v) is 13.7. The molecule has 9 heteroatoms. The second-order valence-electron chi connectivity index (χ2n) is 5.54. The van der Waals surface area contributed by atoms with Crippen molar-refractivity contribution in [3.8, 4) is 0 Å². The smallest absolute Gasteiger partial charge is 0.324 e. The molecule has 122 valence electrons. The number of esters is 1. The van der Waals surface area contributed by atoms with Crippen LogP contribution in [0.1, 0.15) is 32.1 Å². The predicted molar refractivity (Wildman–Crippen MR) is 77.0 cm³/mol. The average molecular weight is 339 g/mol. The molecule has 2 rings (SSSR count). The zero-order chi connectivity index (χ0) is 15.7. The molecule has 0 spiro atoms. The largest absolute Gasteiger partial charge is 0.468 e. The van der Waals surface area contributed by atoms with Gasteiger partial charge in [-0.3, -0.25) is 4.79 Å². The first-order valence-electron chi connectivity index (χ1n) is 7.07. The van der Waals surface area contributed by atoms with E-state index in [4.69, 9.17) is 4.74 Å². The monoisotopic (exact) mass is 339 g/mol. The van der Waals surface area contributed by atoms with E-state index in [0.29, 0.717) is 19.4 Å². The Morgan fingerprint density at radius 3 is 2.33 bits per heavy atom. The summed E-state index contributed by atoms with van der Waals surface area (Å²) in [7, 11) is -5.54. The second kappa shape index (κ2) is 6.21. The molecular weight excluding hydrogens is 318 g/mol. The average Bonchev–Trinajstić information content (AvgIpc) is 2.46. The van der Waals surface area contributed by atoms with Gasteiger partial charge in [0.2, 0.25) is 10.0 Å². The third-order valence-electron chi connectivity index (χ3n) is 4.18. The molecule has 2 heterocycles. The molecule has 0 bridgehead atoms. The van der Waals surface area contributed by atoms with Crippen molar-refractivity contribution in [2.45, 2.75) is 43.4 Å². The van der Waals surface area contributed by atoms with Gasteiger partial charge in [-0.15, -0.1) is 0 Å². The molecule has 0 radical (unpaired) electrons. The number of carbonyl (C=O) groups excluding carboxylic acids is 1. The molecule has 0 aromatic heterocycles. The molecule has 0 amide bonds. The van der Waals surface area contributed by atoms with Crippen LogP contribution in [-0.2, 0) is 29.4 Å². The molecule has 2 fully saturated rings. The van der Waals surface area contributed by atoms with Gasteiger partial charge in [0.25, 0.3) is 0 Å². The van der Waals surface area contributed by atoms with Crippen LogP contribution in [0.15, 0.2) is 0 Å². The van der Waals surface area contributed by atoms with E-state index < -0.39 is 37.1 Å². The molecule has 0 saturated carbocycles. The summed E-state index contributed by atoms with van der Waals surface area (Å²) in [6.07, 6.45) is 2.16. The lowest BCUT2D eigenvalue weighted by Crippen LogP contribution is -2.52. The first-order chi connectivity index (χ1) is 9.78. The summed E-state index contributed by atoms with van der Waals surface area (Å²) >= 11 is 0. The van der Waals surface area contributed by atoms with Crippen molar-refractivity contribution >= 4 is 25.8 Å². The molecule has 0 aromatic rings. The normalized spacial score (nSPS) is 28.1. The van der Waals surface area contributed by atoms with Crippen LogP contribution in [0, 0.1) is 0 Å². The molecule has 0 aliphatic carbocycles. The Morgan fingerprint density at radius 2 is 1.76 bits per heavy atom.